The predicted octanol–water partition coefficient (Wildman–Crippen LogP) is 4.34. The Morgan fingerprint density at radius 2 is 2.00 bits per heavy atom. The van der Waals surface area contributed by atoms with Gasteiger partial charge in [0.25, 0.3) is 0 Å². The van der Waals surface area contributed by atoms with Gasteiger partial charge in [0.05, 0.1) is 6.61 Å². The van der Waals surface area contributed by atoms with Crippen LogP contribution in [0.15, 0.2) is 35.6 Å². The molecule has 0 amide bonds. The molecule has 1 nitrogen and oxygen atoms in total. The van der Waals surface area contributed by atoms with Crippen LogP contribution in [-0.4, -0.2) is 6.61 Å². The van der Waals surface area contributed by atoms with E-state index in [1.165, 1.54) is 0 Å². The molecule has 0 saturated heterocycles. The minimum absolute atomic E-state index is 0.158. The van der Waals surface area contributed by atoms with Crippen molar-refractivity contribution in [2.45, 2.75) is 19.8 Å². The molecule has 0 aliphatic rings. The Morgan fingerprint density at radius 3 is 2.60 bits per heavy atom. The van der Waals surface area contributed by atoms with Crippen LogP contribution in [0.5, 0.6) is 0 Å². The number of halogens is 2. The zero-order valence-electron chi connectivity index (χ0n) is 8.67. The predicted molar refractivity (Wildman–Crippen MR) is 61.2 cm³/mol. The van der Waals surface area contributed by atoms with Crippen LogP contribution in [0.3, 0.4) is 0 Å². The topological polar surface area (TPSA) is 9.23 Å². The van der Waals surface area contributed by atoms with E-state index in [2.05, 4.69) is 0 Å². The van der Waals surface area contributed by atoms with Gasteiger partial charge in [-0.2, -0.15) is 0 Å². The standard InChI is InChI=1S/C12H14ClFO/c1-2-3-9-15-12(13)11(14)10-7-5-4-6-8-10/h4-8H,2-3,9H2,1H3/b12-11-. The van der Waals surface area contributed by atoms with Crippen LogP contribution in [0.25, 0.3) is 5.83 Å². The Balaban J connectivity index is 2.64. The van der Waals surface area contributed by atoms with Gasteiger partial charge in [0.1, 0.15) is 0 Å². The van der Waals surface area contributed by atoms with E-state index in [0.717, 1.165) is 12.8 Å². The summed E-state index contributed by atoms with van der Waals surface area (Å²) >= 11 is 5.68. The third kappa shape index (κ3) is 3.92. The fourth-order valence-electron chi connectivity index (χ4n) is 1.07. The number of ether oxygens (including phenoxy) is 1. The second kappa shape index (κ2) is 6.46. The molecule has 0 N–H and O–H groups in total. The summed E-state index contributed by atoms with van der Waals surface area (Å²) in [5, 5.41) is -0.158. The van der Waals surface area contributed by atoms with Gasteiger partial charge in [0.2, 0.25) is 5.22 Å². The molecule has 1 rings (SSSR count). The van der Waals surface area contributed by atoms with Crippen molar-refractivity contribution in [3.8, 4) is 0 Å². The highest BCUT2D eigenvalue weighted by Gasteiger charge is 2.07. The fourth-order valence-corrected chi connectivity index (χ4v) is 1.25. The van der Waals surface area contributed by atoms with Crippen LogP contribution in [-0.2, 0) is 4.74 Å². The van der Waals surface area contributed by atoms with E-state index in [0.29, 0.717) is 12.2 Å². The number of hydrogen-bond acceptors (Lipinski definition) is 1. The summed E-state index contributed by atoms with van der Waals surface area (Å²) in [6.07, 6.45) is 1.87. The van der Waals surface area contributed by atoms with Gasteiger partial charge >= 0.3 is 0 Å². The van der Waals surface area contributed by atoms with Gasteiger partial charge in [-0.1, -0.05) is 43.7 Å². The maximum absolute atomic E-state index is 13.6. The highest BCUT2D eigenvalue weighted by atomic mass is 35.5. The highest BCUT2D eigenvalue weighted by Crippen LogP contribution is 2.23. The fraction of sp³-hybridized carbons (Fsp3) is 0.333. The largest absolute Gasteiger partial charge is 0.481 e. The van der Waals surface area contributed by atoms with Gasteiger partial charge in [-0.3, -0.25) is 0 Å². The lowest BCUT2D eigenvalue weighted by molar-refractivity contribution is 0.229. The molecule has 0 aromatic heterocycles. The zero-order chi connectivity index (χ0) is 11.1. The molecule has 82 valence electrons. The molecule has 0 atom stereocenters. The van der Waals surface area contributed by atoms with E-state index in [-0.39, 0.29) is 5.22 Å². The first kappa shape index (κ1) is 12.1. The molecular weight excluding hydrogens is 215 g/mol. The first-order valence-electron chi connectivity index (χ1n) is 4.99. The molecule has 1 aromatic carbocycles. The highest BCUT2D eigenvalue weighted by molar-refractivity contribution is 6.30. The first-order chi connectivity index (χ1) is 7.25. The zero-order valence-corrected chi connectivity index (χ0v) is 9.43. The average Bonchev–Trinajstić information content (AvgIpc) is 2.29. The molecular formula is C12H14ClFO. The van der Waals surface area contributed by atoms with Gasteiger partial charge in [-0.25, -0.2) is 4.39 Å². The van der Waals surface area contributed by atoms with E-state index in [1.807, 2.05) is 13.0 Å². The quantitative estimate of drug-likeness (QED) is 0.538. The Hall–Kier alpha value is -1.02. The average molecular weight is 229 g/mol. The van der Waals surface area contributed by atoms with Crippen molar-refractivity contribution in [1.29, 1.82) is 0 Å². The minimum Gasteiger partial charge on any atom is -0.481 e. The van der Waals surface area contributed by atoms with Crippen LogP contribution < -0.4 is 0 Å². The van der Waals surface area contributed by atoms with Crippen molar-refractivity contribution in [2.75, 3.05) is 6.61 Å². The molecule has 0 radical (unpaired) electrons. The molecule has 15 heavy (non-hydrogen) atoms. The molecule has 0 aliphatic carbocycles. The summed E-state index contributed by atoms with van der Waals surface area (Å²) in [7, 11) is 0. The van der Waals surface area contributed by atoms with Gasteiger partial charge in [-0.05, 0) is 18.0 Å². The SMILES string of the molecule is CCCCO/C(Cl)=C(\F)c1ccccc1. The normalized spacial score (nSPS) is 12.2. The maximum atomic E-state index is 13.6. The Bertz CT molecular complexity index is 322. The number of hydrogen-bond donors (Lipinski definition) is 0. The van der Waals surface area contributed by atoms with E-state index >= 15 is 0 Å². The molecule has 0 saturated carbocycles. The van der Waals surface area contributed by atoms with Crippen LogP contribution in [0, 0.1) is 0 Å². The van der Waals surface area contributed by atoms with E-state index < -0.39 is 5.83 Å². The number of rotatable bonds is 5. The summed E-state index contributed by atoms with van der Waals surface area (Å²) in [5.41, 5.74) is 0.444. The summed E-state index contributed by atoms with van der Waals surface area (Å²) in [6, 6.07) is 8.64. The smallest absolute Gasteiger partial charge is 0.224 e. The second-order valence-electron chi connectivity index (χ2n) is 3.16. The van der Waals surface area contributed by atoms with Crippen molar-refractivity contribution in [3.05, 3.63) is 41.1 Å². The lowest BCUT2D eigenvalue weighted by atomic mass is 10.2. The molecule has 0 heterocycles. The lowest BCUT2D eigenvalue weighted by Gasteiger charge is -2.05. The molecule has 3 heteroatoms. The Kier molecular flexibility index (Phi) is 5.19. The van der Waals surface area contributed by atoms with Gasteiger partial charge in [0, 0.05) is 5.56 Å². The Labute approximate surface area is 94.5 Å². The number of benzene rings is 1. The van der Waals surface area contributed by atoms with Gasteiger partial charge in [-0.15, -0.1) is 0 Å². The summed E-state index contributed by atoms with van der Waals surface area (Å²) in [4.78, 5) is 0. The molecule has 1 aromatic rings. The first-order valence-corrected chi connectivity index (χ1v) is 5.37. The third-order valence-corrected chi connectivity index (χ3v) is 2.20. The van der Waals surface area contributed by atoms with E-state index in [1.54, 1.807) is 24.3 Å². The Morgan fingerprint density at radius 1 is 1.33 bits per heavy atom. The lowest BCUT2D eigenvalue weighted by Crippen LogP contribution is -1.92. The molecule has 0 bridgehead atoms. The third-order valence-electron chi connectivity index (χ3n) is 1.93. The van der Waals surface area contributed by atoms with Crippen molar-refractivity contribution in [1.82, 2.24) is 0 Å². The van der Waals surface area contributed by atoms with Crippen LogP contribution in [0.2, 0.25) is 0 Å². The second-order valence-corrected chi connectivity index (χ2v) is 3.50. The van der Waals surface area contributed by atoms with Gasteiger partial charge in [0.15, 0.2) is 5.83 Å². The molecule has 0 unspecified atom stereocenters. The van der Waals surface area contributed by atoms with E-state index in [9.17, 15) is 4.39 Å². The van der Waals surface area contributed by atoms with Crippen molar-refractivity contribution in [3.63, 3.8) is 0 Å². The summed E-state index contributed by atoms with van der Waals surface area (Å²) < 4.78 is 18.6. The minimum atomic E-state index is -0.506. The monoisotopic (exact) mass is 228 g/mol. The maximum Gasteiger partial charge on any atom is 0.224 e. The van der Waals surface area contributed by atoms with Crippen molar-refractivity contribution in [2.24, 2.45) is 0 Å². The summed E-state index contributed by atoms with van der Waals surface area (Å²) in [5.74, 6) is -0.506. The number of unbranched alkanes of at least 4 members (excludes halogenated alkanes) is 1. The van der Waals surface area contributed by atoms with Gasteiger partial charge < -0.3 is 4.74 Å². The van der Waals surface area contributed by atoms with Crippen LogP contribution >= 0.6 is 11.6 Å². The van der Waals surface area contributed by atoms with Crippen LogP contribution in [0.1, 0.15) is 25.3 Å². The molecule has 0 spiro atoms. The molecule has 0 aliphatic heterocycles. The van der Waals surface area contributed by atoms with Crippen LogP contribution in [0.4, 0.5) is 4.39 Å². The van der Waals surface area contributed by atoms with E-state index in [4.69, 9.17) is 16.3 Å². The molecule has 0 fully saturated rings. The van der Waals surface area contributed by atoms with Crippen molar-refractivity contribution < 1.29 is 9.13 Å². The summed E-state index contributed by atoms with van der Waals surface area (Å²) in [6.45, 7) is 2.49. The van der Waals surface area contributed by atoms with Crippen molar-refractivity contribution >= 4 is 17.4 Å².